The van der Waals surface area contributed by atoms with Crippen molar-refractivity contribution in [2.45, 2.75) is 10.6 Å². The molecule has 0 radical (unpaired) electrons. The van der Waals surface area contributed by atoms with Gasteiger partial charge in [0.15, 0.2) is 0 Å². The summed E-state index contributed by atoms with van der Waals surface area (Å²) in [7, 11) is 0. The Labute approximate surface area is 101 Å². The van der Waals surface area contributed by atoms with Crippen LogP contribution in [0.15, 0.2) is 50.6 Å². The quantitative estimate of drug-likeness (QED) is 0.686. The SMILES string of the molecule is Nc1cc(Br)ccc1SCc1ccoc1. The molecule has 1 aromatic heterocycles. The van der Waals surface area contributed by atoms with Crippen LogP contribution in [0.5, 0.6) is 0 Å². The highest BCUT2D eigenvalue weighted by Gasteiger charge is 2.02. The highest BCUT2D eigenvalue weighted by molar-refractivity contribution is 9.10. The van der Waals surface area contributed by atoms with E-state index in [1.807, 2.05) is 24.3 Å². The molecule has 1 aromatic carbocycles. The molecule has 2 N–H and O–H groups in total. The number of thioether (sulfide) groups is 1. The summed E-state index contributed by atoms with van der Waals surface area (Å²) < 4.78 is 6.01. The molecule has 0 amide bonds. The van der Waals surface area contributed by atoms with Crippen molar-refractivity contribution in [3.05, 3.63) is 46.8 Å². The Bertz CT molecular complexity index is 442. The maximum Gasteiger partial charge on any atom is 0.0943 e. The van der Waals surface area contributed by atoms with Crippen LogP contribution in [0.2, 0.25) is 0 Å². The minimum absolute atomic E-state index is 0.804. The van der Waals surface area contributed by atoms with Gasteiger partial charge in [0.1, 0.15) is 0 Å². The average molecular weight is 284 g/mol. The first-order chi connectivity index (χ1) is 7.25. The summed E-state index contributed by atoms with van der Waals surface area (Å²) in [5, 5.41) is 0. The van der Waals surface area contributed by atoms with E-state index in [-0.39, 0.29) is 0 Å². The predicted octanol–water partition coefficient (Wildman–Crippen LogP) is 3.92. The number of benzene rings is 1. The molecule has 2 rings (SSSR count). The largest absolute Gasteiger partial charge is 0.472 e. The van der Waals surface area contributed by atoms with Crippen LogP contribution >= 0.6 is 27.7 Å². The molecule has 1 heterocycles. The Morgan fingerprint density at radius 2 is 2.20 bits per heavy atom. The third-order valence-corrected chi connectivity index (χ3v) is 3.60. The van der Waals surface area contributed by atoms with E-state index >= 15 is 0 Å². The summed E-state index contributed by atoms with van der Waals surface area (Å²) in [6, 6.07) is 7.89. The lowest BCUT2D eigenvalue weighted by Crippen LogP contribution is -1.88. The maximum atomic E-state index is 5.89. The van der Waals surface area contributed by atoms with E-state index in [0.717, 1.165) is 20.8 Å². The maximum absolute atomic E-state index is 5.89. The zero-order valence-electron chi connectivity index (χ0n) is 7.94. The van der Waals surface area contributed by atoms with Crippen molar-refractivity contribution < 1.29 is 4.42 Å². The monoisotopic (exact) mass is 283 g/mol. The van der Waals surface area contributed by atoms with Crippen molar-refractivity contribution in [3.63, 3.8) is 0 Å². The minimum atomic E-state index is 0.804. The first kappa shape index (κ1) is 10.6. The highest BCUT2D eigenvalue weighted by Crippen LogP contribution is 2.30. The molecule has 2 nitrogen and oxygen atoms in total. The fraction of sp³-hybridized carbons (Fsp3) is 0.0909. The lowest BCUT2D eigenvalue weighted by molar-refractivity contribution is 0.565. The number of hydrogen-bond donors (Lipinski definition) is 1. The lowest BCUT2D eigenvalue weighted by atomic mass is 10.3. The molecular formula is C11H10BrNOS. The van der Waals surface area contributed by atoms with Crippen molar-refractivity contribution in [2.75, 3.05) is 5.73 Å². The van der Waals surface area contributed by atoms with Crippen molar-refractivity contribution in [2.24, 2.45) is 0 Å². The molecule has 2 aromatic rings. The van der Waals surface area contributed by atoms with Gasteiger partial charge in [0.25, 0.3) is 0 Å². The molecule has 15 heavy (non-hydrogen) atoms. The number of halogens is 1. The summed E-state index contributed by atoms with van der Waals surface area (Å²) >= 11 is 5.09. The van der Waals surface area contributed by atoms with Gasteiger partial charge in [0.05, 0.1) is 12.5 Å². The number of nitrogens with two attached hydrogens (primary N) is 1. The lowest BCUT2D eigenvalue weighted by Gasteiger charge is -2.04. The van der Waals surface area contributed by atoms with Crippen LogP contribution < -0.4 is 5.73 Å². The zero-order chi connectivity index (χ0) is 10.7. The van der Waals surface area contributed by atoms with Gasteiger partial charge in [0, 0.05) is 26.4 Å². The summed E-state index contributed by atoms with van der Waals surface area (Å²) in [6.07, 6.45) is 3.43. The third kappa shape index (κ3) is 2.79. The second-order valence-corrected chi connectivity index (χ2v) is 5.04. The molecule has 4 heteroatoms. The van der Waals surface area contributed by atoms with E-state index in [9.17, 15) is 0 Å². The predicted molar refractivity (Wildman–Crippen MR) is 66.8 cm³/mol. The van der Waals surface area contributed by atoms with Gasteiger partial charge in [-0.1, -0.05) is 15.9 Å². The molecule has 0 spiro atoms. The van der Waals surface area contributed by atoms with Gasteiger partial charge in [-0.2, -0.15) is 0 Å². The minimum Gasteiger partial charge on any atom is -0.472 e. The molecule has 0 atom stereocenters. The molecule has 0 fully saturated rings. The van der Waals surface area contributed by atoms with Crippen molar-refractivity contribution in [1.82, 2.24) is 0 Å². The van der Waals surface area contributed by atoms with Gasteiger partial charge in [-0.15, -0.1) is 11.8 Å². The van der Waals surface area contributed by atoms with Gasteiger partial charge >= 0.3 is 0 Å². The number of hydrogen-bond acceptors (Lipinski definition) is 3. The van der Waals surface area contributed by atoms with E-state index < -0.39 is 0 Å². The Balaban J connectivity index is 2.05. The van der Waals surface area contributed by atoms with Crippen LogP contribution in [0.3, 0.4) is 0 Å². The van der Waals surface area contributed by atoms with Crippen LogP contribution in [0, 0.1) is 0 Å². The average Bonchev–Trinajstić information content (AvgIpc) is 2.69. The van der Waals surface area contributed by atoms with Crippen LogP contribution in [-0.4, -0.2) is 0 Å². The van der Waals surface area contributed by atoms with Crippen molar-refractivity contribution in [3.8, 4) is 0 Å². The number of anilines is 1. The zero-order valence-corrected chi connectivity index (χ0v) is 10.3. The summed E-state index contributed by atoms with van der Waals surface area (Å²) in [4.78, 5) is 1.10. The Morgan fingerprint density at radius 1 is 1.33 bits per heavy atom. The van der Waals surface area contributed by atoms with Gasteiger partial charge in [-0.05, 0) is 24.3 Å². The molecule has 78 valence electrons. The molecule has 0 aliphatic rings. The van der Waals surface area contributed by atoms with Crippen molar-refractivity contribution in [1.29, 1.82) is 0 Å². The Kier molecular flexibility index (Phi) is 3.38. The van der Waals surface area contributed by atoms with Gasteiger partial charge in [-0.25, -0.2) is 0 Å². The van der Waals surface area contributed by atoms with E-state index in [4.69, 9.17) is 10.2 Å². The summed E-state index contributed by atoms with van der Waals surface area (Å²) in [6.45, 7) is 0. The van der Waals surface area contributed by atoms with Gasteiger partial charge in [-0.3, -0.25) is 0 Å². The van der Waals surface area contributed by atoms with E-state index in [0.29, 0.717) is 0 Å². The molecule has 0 bridgehead atoms. The number of rotatable bonds is 3. The molecule has 0 aliphatic carbocycles. The smallest absolute Gasteiger partial charge is 0.0943 e. The van der Waals surface area contributed by atoms with Gasteiger partial charge < -0.3 is 10.2 Å². The Morgan fingerprint density at radius 3 is 2.87 bits per heavy atom. The standard InChI is InChI=1S/C11H10BrNOS/c12-9-1-2-11(10(13)5-9)15-7-8-3-4-14-6-8/h1-6H,7,13H2. The fourth-order valence-electron chi connectivity index (χ4n) is 1.19. The summed E-state index contributed by atoms with van der Waals surface area (Å²) in [5.74, 6) is 0.877. The first-order valence-corrected chi connectivity index (χ1v) is 6.22. The van der Waals surface area contributed by atoms with Crippen LogP contribution in [0.1, 0.15) is 5.56 Å². The van der Waals surface area contributed by atoms with Crippen LogP contribution in [-0.2, 0) is 5.75 Å². The molecule has 0 aliphatic heterocycles. The van der Waals surface area contributed by atoms with Crippen molar-refractivity contribution >= 4 is 33.4 Å². The second kappa shape index (κ2) is 4.77. The van der Waals surface area contributed by atoms with E-state index in [2.05, 4.69) is 15.9 Å². The number of furan rings is 1. The summed E-state index contributed by atoms with van der Waals surface area (Å²) in [5.41, 5.74) is 7.86. The Hall–Kier alpha value is -0.870. The van der Waals surface area contributed by atoms with E-state index in [1.165, 1.54) is 5.56 Å². The molecule has 0 saturated carbocycles. The topological polar surface area (TPSA) is 39.2 Å². The number of nitrogen functional groups attached to an aromatic ring is 1. The van der Waals surface area contributed by atoms with Crippen LogP contribution in [0.25, 0.3) is 0 Å². The molecular weight excluding hydrogens is 274 g/mol. The highest BCUT2D eigenvalue weighted by atomic mass is 79.9. The van der Waals surface area contributed by atoms with Crippen LogP contribution in [0.4, 0.5) is 5.69 Å². The second-order valence-electron chi connectivity index (χ2n) is 3.10. The van der Waals surface area contributed by atoms with E-state index in [1.54, 1.807) is 24.3 Å². The third-order valence-electron chi connectivity index (χ3n) is 1.95. The molecule has 0 unspecified atom stereocenters. The first-order valence-electron chi connectivity index (χ1n) is 4.44. The fourth-order valence-corrected chi connectivity index (χ4v) is 2.44. The van der Waals surface area contributed by atoms with Gasteiger partial charge in [0.2, 0.25) is 0 Å². The molecule has 0 saturated heterocycles. The normalized spacial score (nSPS) is 10.5.